The number of carbonyl (C=O) groups excluding carboxylic acids is 2. The summed E-state index contributed by atoms with van der Waals surface area (Å²) in [5.74, 6) is 0.677. The van der Waals surface area contributed by atoms with Gasteiger partial charge in [-0.15, -0.1) is 0 Å². The molecule has 1 N–H and O–H groups in total. The molecule has 30 heavy (non-hydrogen) atoms. The summed E-state index contributed by atoms with van der Waals surface area (Å²) in [4.78, 5) is 34.0. The van der Waals surface area contributed by atoms with E-state index in [0.717, 1.165) is 71.1 Å². The molecule has 3 aliphatic rings. The standard InChI is InChI=1S/C24H36N4O2/c1-27-15-4-2-3-7-21(27)23(30)28-16-10-24(11-17-28)18-20(24)22(29)26-12-5-6-19-8-13-25-14-9-19/h8-9,13-14,20-21H,2-7,10-12,15-18H2,1H3,(H,26,29)/t20-,21-/m1/s1. The van der Waals surface area contributed by atoms with Gasteiger partial charge in [0.1, 0.15) is 0 Å². The number of likely N-dealkylation sites (tertiary alicyclic amines) is 2. The molecule has 3 fully saturated rings. The molecule has 1 aromatic rings. The van der Waals surface area contributed by atoms with Crippen molar-refractivity contribution in [3.8, 4) is 0 Å². The molecule has 2 saturated heterocycles. The van der Waals surface area contributed by atoms with Crippen LogP contribution in [0.15, 0.2) is 24.5 Å². The number of aromatic nitrogens is 1. The van der Waals surface area contributed by atoms with E-state index in [4.69, 9.17) is 0 Å². The van der Waals surface area contributed by atoms with Crippen LogP contribution < -0.4 is 5.32 Å². The maximum absolute atomic E-state index is 13.1. The second-order valence-electron chi connectivity index (χ2n) is 9.54. The van der Waals surface area contributed by atoms with Crippen LogP contribution in [0.25, 0.3) is 0 Å². The van der Waals surface area contributed by atoms with Crippen LogP contribution in [-0.2, 0) is 16.0 Å². The minimum absolute atomic E-state index is 0.0558. The smallest absolute Gasteiger partial charge is 0.239 e. The van der Waals surface area contributed by atoms with E-state index >= 15 is 0 Å². The van der Waals surface area contributed by atoms with E-state index in [1.54, 1.807) is 0 Å². The normalized spacial score (nSPS) is 26.2. The number of piperidine rings is 1. The van der Waals surface area contributed by atoms with Crippen LogP contribution in [0.5, 0.6) is 0 Å². The molecule has 0 radical (unpaired) electrons. The largest absolute Gasteiger partial charge is 0.356 e. The van der Waals surface area contributed by atoms with E-state index in [1.165, 1.54) is 18.4 Å². The molecule has 2 aliphatic heterocycles. The van der Waals surface area contributed by atoms with E-state index in [-0.39, 0.29) is 23.3 Å². The Morgan fingerprint density at radius 1 is 1.13 bits per heavy atom. The maximum atomic E-state index is 13.1. The lowest BCUT2D eigenvalue weighted by atomic mass is 9.90. The third kappa shape index (κ3) is 4.85. The summed E-state index contributed by atoms with van der Waals surface area (Å²) in [6, 6.07) is 4.11. The lowest BCUT2D eigenvalue weighted by Gasteiger charge is -2.37. The number of hydrogen-bond donors (Lipinski definition) is 1. The minimum Gasteiger partial charge on any atom is -0.356 e. The summed E-state index contributed by atoms with van der Waals surface area (Å²) < 4.78 is 0. The van der Waals surface area contributed by atoms with Crippen molar-refractivity contribution < 1.29 is 9.59 Å². The van der Waals surface area contributed by atoms with Crippen molar-refractivity contribution in [1.29, 1.82) is 0 Å². The molecule has 164 valence electrons. The van der Waals surface area contributed by atoms with E-state index in [0.29, 0.717) is 5.91 Å². The third-order valence-electron chi connectivity index (χ3n) is 7.57. The molecule has 1 spiro atoms. The molecule has 6 heteroatoms. The average Bonchev–Trinajstić information content (AvgIpc) is 3.51. The van der Waals surface area contributed by atoms with Gasteiger partial charge in [-0.25, -0.2) is 0 Å². The highest BCUT2D eigenvalue weighted by Crippen LogP contribution is 2.59. The Morgan fingerprint density at radius 3 is 2.67 bits per heavy atom. The Labute approximate surface area is 180 Å². The predicted molar refractivity (Wildman–Crippen MR) is 117 cm³/mol. The van der Waals surface area contributed by atoms with Gasteiger partial charge in [-0.2, -0.15) is 0 Å². The van der Waals surface area contributed by atoms with Gasteiger partial charge in [-0.1, -0.05) is 12.8 Å². The second kappa shape index (κ2) is 9.46. The number of hydrogen-bond acceptors (Lipinski definition) is 4. The van der Waals surface area contributed by atoms with Crippen LogP contribution in [0.3, 0.4) is 0 Å². The fourth-order valence-electron chi connectivity index (χ4n) is 5.39. The Kier molecular flexibility index (Phi) is 6.71. The average molecular weight is 413 g/mol. The highest BCUT2D eigenvalue weighted by molar-refractivity contribution is 5.83. The lowest BCUT2D eigenvalue weighted by molar-refractivity contribution is -0.138. The van der Waals surface area contributed by atoms with Crippen LogP contribution >= 0.6 is 0 Å². The van der Waals surface area contributed by atoms with Gasteiger partial charge in [0, 0.05) is 37.9 Å². The zero-order chi connectivity index (χ0) is 21.0. The molecule has 6 nitrogen and oxygen atoms in total. The van der Waals surface area contributed by atoms with E-state index in [2.05, 4.69) is 27.1 Å². The Bertz CT molecular complexity index is 730. The SMILES string of the molecule is CN1CCCCC[C@@H]1C(=O)N1CCC2(CC1)C[C@@H]2C(=O)NCCCc1ccncc1. The number of pyridine rings is 1. The number of nitrogens with one attached hydrogen (secondary N) is 1. The van der Waals surface area contributed by atoms with Gasteiger partial charge in [0.25, 0.3) is 0 Å². The van der Waals surface area contributed by atoms with E-state index < -0.39 is 0 Å². The third-order valence-corrected chi connectivity index (χ3v) is 7.57. The number of likely N-dealkylation sites (N-methyl/N-ethyl adjacent to an activating group) is 1. The van der Waals surface area contributed by atoms with Gasteiger partial charge in [-0.3, -0.25) is 19.5 Å². The molecule has 0 bridgehead atoms. The molecular formula is C24H36N4O2. The Hall–Kier alpha value is -1.95. The van der Waals surface area contributed by atoms with Crippen LogP contribution in [0.2, 0.25) is 0 Å². The van der Waals surface area contributed by atoms with Crippen molar-refractivity contribution in [2.24, 2.45) is 11.3 Å². The van der Waals surface area contributed by atoms with Gasteiger partial charge in [-0.05, 0) is 81.6 Å². The van der Waals surface area contributed by atoms with Crippen molar-refractivity contribution in [2.45, 2.75) is 63.8 Å². The molecule has 1 aromatic heterocycles. The summed E-state index contributed by atoms with van der Waals surface area (Å²) in [7, 11) is 2.09. The molecule has 2 amide bonds. The van der Waals surface area contributed by atoms with Crippen molar-refractivity contribution >= 4 is 11.8 Å². The Morgan fingerprint density at radius 2 is 1.90 bits per heavy atom. The van der Waals surface area contributed by atoms with E-state index in [9.17, 15) is 9.59 Å². The summed E-state index contributed by atoms with van der Waals surface area (Å²) in [6.07, 6.45) is 13.1. The molecule has 3 heterocycles. The zero-order valence-electron chi connectivity index (χ0n) is 18.3. The highest BCUT2D eigenvalue weighted by atomic mass is 16.2. The van der Waals surface area contributed by atoms with Crippen LogP contribution in [0.4, 0.5) is 0 Å². The summed E-state index contributed by atoms with van der Waals surface area (Å²) in [5.41, 5.74) is 1.42. The first-order chi connectivity index (χ1) is 14.6. The lowest BCUT2D eigenvalue weighted by Crippen LogP contribution is -2.50. The first-order valence-electron chi connectivity index (χ1n) is 11.7. The zero-order valence-corrected chi connectivity index (χ0v) is 18.3. The second-order valence-corrected chi connectivity index (χ2v) is 9.54. The summed E-state index contributed by atoms with van der Waals surface area (Å²) in [5, 5.41) is 3.14. The molecule has 0 aromatic carbocycles. The first kappa shape index (κ1) is 21.3. The van der Waals surface area contributed by atoms with Gasteiger partial charge in [0.05, 0.1) is 6.04 Å². The van der Waals surface area contributed by atoms with Crippen molar-refractivity contribution in [3.05, 3.63) is 30.1 Å². The van der Waals surface area contributed by atoms with E-state index in [1.807, 2.05) is 24.5 Å². The molecule has 0 unspecified atom stereocenters. The van der Waals surface area contributed by atoms with Crippen LogP contribution in [0.1, 0.15) is 56.9 Å². The van der Waals surface area contributed by atoms with Crippen molar-refractivity contribution in [1.82, 2.24) is 20.1 Å². The first-order valence-corrected chi connectivity index (χ1v) is 11.7. The summed E-state index contributed by atoms with van der Waals surface area (Å²) in [6.45, 7) is 3.38. The molecule has 1 saturated carbocycles. The topological polar surface area (TPSA) is 65.5 Å². The van der Waals surface area contributed by atoms with Gasteiger partial charge in [0.2, 0.25) is 11.8 Å². The predicted octanol–water partition coefficient (Wildman–Crippen LogP) is 2.63. The molecule has 1 aliphatic carbocycles. The fourth-order valence-corrected chi connectivity index (χ4v) is 5.39. The number of aryl methyl sites for hydroxylation is 1. The highest BCUT2D eigenvalue weighted by Gasteiger charge is 2.58. The number of carbonyl (C=O) groups is 2. The van der Waals surface area contributed by atoms with Crippen molar-refractivity contribution in [3.63, 3.8) is 0 Å². The molecule has 2 atom stereocenters. The minimum atomic E-state index is 0.0558. The fraction of sp³-hybridized carbons (Fsp3) is 0.708. The van der Waals surface area contributed by atoms with Crippen molar-refractivity contribution in [2.75, 3.05) is 33.2 Å². The number of rotatable bonds is 6. The van der Waals surface area contributed by atoms with Crippen LogP contribution in [-0.4, -0.2) is 65.9 Å². The maximum Gasteiger partial charge on any atom is 0.239 e. The monoisotopic (exact) mass is 412 g/mol. The van der Waals surface area contributed by atoms with Crippen LogP contribution in [0, 0.1) is 11.3 Å². The number of nitrogens with zero attached hydrogens (tertiary/aromatic N) is 3. The number of amides is 2. The quantitative estimate of drug-likeness (QED) is 0.730. The Balaban J connectivity index is 1.19. The molecular weight excluding hydrogens is 376 g/mol. The summed E-state index contributed by atoms with van der Waals surface area (Å²) >= 11 is 0. The van der Waals surface area contributed by atoms with Gasteiger partial charge in [0.15, 0.2) is 0 Å². The van der Waals surface area contributed by atoms with Gasteiger partial charge < -0.3 is 10.2 Å². The molecule has 4 rings (SSSR count). The van der Waals surface area contributed by atoms with Gasteiger partial charge >= 0.3 is 0 Å².